The van der Waals surface area contributed by atoms with Crippen molar-refractivity contribution in [3.05, 3.63) is 12.2 Å². The fourth-order valence-corrected chi connectivity index (χ4v) is 2.29. The molecule has 0 radical (unpaired) electrons. The van der Waals surface area contributed by atoms with E-state index in [9.17, 15) is 0 Å². The summed E-state index contributed by atoms with van der Waals surface area (Å²) in [4.78, 5) is 0. The second-order valence-electron chi connectivity index (χ2n) is 6.69. The number of hydrogen-bond acceptors (Lipinski definition) is 0. The van der Waals surface area contributed by atoms with Crippen molar-refractivity contribution in [2.24, 2.45) is 0 Å². The van der Waals surface area contributed by atoms with Crippen LogP contribution in [0.15, 0.2) is 12.2 Å². The fraction of sp³-hybridized carbons (Fsp3) is 0.833. The Morgan fingerprint density at radius 2 is 0.857 bits per heavy atom. The zero-order chi connectivity index (χ0) is 11.6. The lowest BCUT2D eigenvalue weighted by Crippen LogP contribution is -2.26. The minimum absolute atomic E-state index is 0.807. The van der Waals surface area contributed by atoms with E-state index >= 15 is 0 Å². The molecule has 0 saturated carbocycles. The largest absolute Gasteiger partial charge is 0.0884 e. The highest BCUT2D eigenvalue weighted by molar-refractivity contribution is 6.78. The van der Waals surface area contributed by atoms with Crippen LogP contribution in [0, 0.1) is 0 Å². The predicted octanol–water partition coefficient (Wildman–Crippen LogP) is 5.00. The third-order valence-corrected chi connectivity index (χ3v) is 9.27. The maximum absolute atomic E-state index is 2.47. The first kappa shape index (κ1) is 14.2. The molecule has 0 fully saturated rings. The molecule has 0 aliphatic rings. The van der Waals surface area contributed by atoms with Crippen LogP contribution in [0.2, 0.25) is 50.4 Å². The van der Waals surface area contributed by atoms with Crippen LogP contribution in [0.1, 0.15) is 13.8 Å². The summed E-state index contributed by atoms with van der Waals surface area (Å²) in [7, 11) is -1.92. The van der Waals surface area contributed by atoms with Crippen molar-refractivity contribution in [3.8, 4) is 0 Å². The fourth-order valence-electron chi connectivity index (χ4n) is 0.911. The summed E-state index contributed by atoms with van der Waals surface area (Å²) in [6, 6.07) is 0. The minimum atomic E-state index is -0.958. The summed E-state index contributed by atoms with van der Waals surface area (Å²) in [5.41, 5.74) is 1.61. The van der Waals surface area contributed by atoms with Gasteiger partial charge in [-0.25, -0.2) is 0 Å². The molecule has 0 aliphatic carbocycles. The van der Waals surface area contributed by atoms with E-state index in [1.54, 1.807) is 0 Å². The van der Waals surface area contributed by atoms with Gasteiger partial charge in [-0.3, -0.25) is 0 Å². The molecule has 0 heterocycles. The summed E-state index contributed by atoms with van der Waals surface area (Å²) in [6.45, 7) is 19.4. The number of allylic oxidation sites excluding steroid dienone is 2. The van der Waals surface area contributed by atoms with Gasteiger partial charge >= 0.3 is 0 Å². The first-order valence-electron chi connectivity index (χ1n) is 5.73. The van der Waals surface area contributed by atoms with Gasteiger partial charge in [0, 0.05) is 0 Å². The SMILES string of the molecule is CC(C=CC(C)[Si](C)(C)C)[Si](C)(C)C. The minimum Gasteiger partial charge on any atom is -0.0884 e. The van der Waals surface area contributed by atoms with Crippen molar-refractivity contribution >= 4 is 16.1 Å². The van der Waals surface area contributed by atoms with E-state index in [1.807, 2.05) is 0 Å². The molecule has 0 N–H and O–H groups in total. The molecule has 14 heavy (non-hydrogen) atoms. The van der Waals surface area contributed by atoms with Crippen LogP contribution in [0.5, 0.6) is 0 Å². The highest BCUT2D eigenvalue weighted by Gasteiger charge is 2.22. The molecule has 0 aromatic rings. The lowest BCUT2D eigenvalue weighted by Gasteiger charge is -2.25. The van der Waals surface area contributed by atoms with Crippen molar-refractivity contribution < 1.29 is 0 Å². The molecule has 0 nitrogen and oxygen atoms in total. The summed E-state index contributed by atoms with van der Waals surface area (Å²) < 4.78 is 0. The standard InChI is InChI=1S/C12H28Si2/c1-11(13(3,4)5)9-10-12(2)14(6,7)8/h9-12H,1-8H3. The van der Waals surface area contributed by atoms with Gasteiger partial charge < -0.3 is 0 Å². The Bertz CT molecular complexity index is 171. The van der Waals surface area contributed by atoms with Crippen molar-refractivity contribution in [1.29, 1.82) is 0 Å². The van der Waals surface area contributed by atoms with Gasteiger partial charge in [-0.05, 0) is 11.1 Å². The average molecular weight is 229 g/mol. The normalized spacial score (nSPS) is 18.6. The lowest BCUT2D eigenvalue weighted by molar-refractivity contribution is 1.07. The van der Waals surface area contributed by atoms with Crippen LogP contribution in [0.3, 0.4) is 0 Å². The van der Waals surface area contributed by atoms with E-state index in [2.05, 4.69) is 65.3 Å². The van der Waals surface area contributed by atoms with Gasteiger partial charge in [0.2, 0.25) is 0 Å². The predicted molar refractivity (Wildman–Crippen MR) is 74.7 cm³/mol. The molecule has 0 spiro atoms. The molecule has 2 heteroatoms. The van der Waals surface area contributed by atoms with E-state index in [0.29, 0.717) is 0 Å². The molecule has 0 amide bonds. The summed E-state index contributed by atoms with van der Waals surface area (Å²) in [5.74, 6) is 0. The monoisotopic (exact) mass is 228 g/mol. The second-order valence-corrected chi connectivity index (χ2v) is 18.0. The molecule has 2 unspecified atom stereocenters. The summed E-state index contributed by atoms with van der Waals surface area (Å²) in [5, 5.41) is 0. The Labute approximate surface area is 92.8 Å². The molecule has 0 saturated heterocycles. The molecule has 0 aliphatic heterocycles. The van der Waals surface area contributed by atoms with Gasteiger partial charge in [0.15, 0.2) is 0 Å². The third kappa shape index (κ3) is 5.15. The molecular weight excluding hydrogens is 200 g/mol. The van der Waals surface area contributed by atoms with Crippen LogP contribution < -0.4 is 0 Å². The Morgan fingerprint density at radius 3 is 1.00 bits per heavy atom. The van der Waals surface area contributed by atoms with Crippen LogP contribution >= 0.6 is 0 Å². The van der Waals surface area contributed by atoms with E-state index in [1.165, 1.54) is 0 Å². The Balaban J connectivity index is 4.32. The highest BCUT2D eigenvalue weighted by atomic mass is 28.3. The van der Waals surface area contributed by atoms with Gasteiger partial charge in [-0.15, -0.1) is 0 Å². The molecule has 0 rings (SSSR count). The van der Waals surface area contributed by atoms with Crippen molar-refractivity contribution in [2.75, 3.05) is 0 Å². The third-order valence-electron chi connectivity index (χ3n) is 3.42. The average Bonchev–Trinajstić information content (AvgIpc) is 1.95. The van der Waals surface area contributed by atoms with Gasteiger partial charge in [0.1, 0.15) is 0 Å². The van der Waals surface area contributed by atoms with Gasteiger partial charge in [0.25, 0.3) is 0 Å². The van der Waals surface area contributed by atoms with Crippen molar-refractivity contribution in [3.63, 3.8) is 0 Å². The lowest BCUT2D eigenvalue weighted by atomic mass is 10.3. The molecule has 84 valence electrons. The molecule has 0 aromatic heterocycles. The quantitative estimate of drug-likeness (QED) is 0.469. The summed E-state index contributed by atoms with van der Waals surface area (Å²) in [6.07, 6.45) is 4.93. The van der Waals surface area contributed by atoms with Crippen LogP contribution in [-0.2, 0) is 0 Å². The Morgan fingerprint density at radius 1 is 0.643 bits per heavy atom. The van der Waals surface area contributed by atoms with Gasteiger partial charge in [-0.2, -0.15) is 0 Å². The van der Waals surface area contributed by atoms with Gasteiger partial charge in [-0.1, -0.05) is 65.3 Å². The number of hydrogen-bond donors (Lipinski definition) is 0. The first-order valence-corrected chi connectivity index (χ1v) is 12.9. The Kier molecular flexibility index (Phi) is 4.86. The Hall–Kier alpha value is 0.174. The molecular formula is C12H28Si2. The van der Waals surface area contributed by atoms with Crippen LogP contribution in [0.4, 0.5) is 0 Å². The topological polar surface area (TPSA) is 0 Å². The highest BCUT2D eigenvalue weighted by Crippen LogP contribution is 2.27. The number of rotatable bonds is 4. The zero-order valence-corrected chi connectivity index (χ0v) is 13.3. The van der Waals surface area contributed by atoms with E-state index in [4.69, 9.17) is 0 Å². The van der Waals surface area contributed by atoms with Gasteiger partial charge in [0.05, 0.1) is 16.1 Å². The molecule has 0 aromatic carbocycles. The maximum atomic E-state index is 2.47. The first-order chi connectivity index (χ1) is 6.05. The van der Waals surface area contributed by atoms with E-state index < -0.39 is 16.1 Å². The van der Waals surface area contributed by atoms with Crippen molar-refractivity contribution in [1.82, 2.24) is 0 Å². The molecule has 0 bridgehead atoms. The zero-order valence-electron chi connectivity index (χ0n) is 11.3. The van der Waals surface area contributed by atoms with E-state index in [-0.39, 0.29) is 0 Å². The van der Waals surface area contributed by atoms with Crippen LogP contribution in [0.25, 0.3) is 0 Å². The van der Waals surface area contributed by atoms with Crippen molar-refractivity contribution in [2.45, 2.75) is 64.2 Å². The maximum Gasteiger partial charge on any atom is 0.0510 e. The van der Waals surface area contributed by atoms with Crippen LogP contribution in [-0.4, -0.2) is 16.1 Å². The smallest absolute Gasteiger partial charge is 0.0510 e. The van der Waals surface area contributed by atoms with E-state index in [0.717, 1.165) is 11.1 Å². The molecule has 2 atom stereocenters. The summed E-state index contributed by atoms with van der Waals surface area (Å²) >= 11 is 0. The second kappa shape index (κ2) is 4.80.